The van der Waals surface area contributed by atoms with Gasteiger partial charge in [0.2, 0.25) is 10.0 Å². The molecule has 1 unspecified atom stereocenters. The highest BCUT2D eigenvalue weighted by Crippen LogP contribution is 2.20. The molecule has 0 aliphatic heterocycles. The van der Waals surface area contributed by atoms with E-state index in [-0.39, 0.29) is 17.5 Å². The summed E-state index contributed by atoms with van der Waals surface area (Å²) in [6, 6.07) is 8.04. The maximum atomic E-state index is 12.5. The zero-order valence-electron chi connectivity index (χ0n) is 11.4. The number of hydrogen-bond donors (Lipinski definition) is 2. The van der Waals surface area contributed by atoms with E-state index in [2.05, 4.69) is 16.6 Å². The van der Waals surface area contributed by atoms with Crippen molar-refractivity contribution in [2.45, 2.75) is 17.9 Å². The number of rotatable bonds is 4. The smallest absolute Gasteiger partial charge is 0.242 e. The summed E-state index contributed by atoms with van der Waals surface area (Å²) in [4.78, 5) is 0.119. The Bertz CT molecular complexity index is 756. The van der Waals surface area contributed by atoms with Gasteiger partial charge in [0.25, 0.3) is 0 Å². The summed E-state index contributed by atoms with van der Waals surface area (Å²) < 4.78 is 27.6. The molecular formula is C15H15NO3S2. The van der Waals surface area contributed by atoms with Gasteiger partial charge in [0.05, 0.1) is 4.90 Å². The summed E-state index contributed by atoms with van der Waals surface area (Å²) in [6.07, 6.45) is 0. The highest BCUT2D eigenvalue weighted by Gasteiger charge is 2.20. The second-order valence-electron chi connectivity index (χ2n) is 4.36. The lowest BCUT2D eigenvalue weighted by Crippen LogP contribution is -2.27. The van der Waals surface area contributed by atoms with E-state index in [1.54, 1.807) is 25.1 Å². The lowest BCUT2D eigenvalue weighted by atomic mass is 10.2. The molecule has 0 aliphatic rings. The number of aliphatic hydroxyl groups is 1. The minimum Gasteiger partial charge on any atom is -0.384 e. The number of aliphatic hydroxyl groups excluding tert-OH is 1. The summed E-state index contributed by atoms with van der Waals surface area (Å²) >= 11 is 1.52. The Morgan fingerprint density at radius 2 is 2.10 bits per heavy atom. The van der Waals surface area contributed by atoms with Crippen LogP contribution in [-0.2, 0) is 10.0 Å². The first kappa shape index (κ1) is 15.7. The summed E-state index contributed by atoms with van der Waals surface area (Å²) in [7, 11) is -3.68. The van der Waals surface area contributed by atoms with Crippen LogP contribution in [0.3, 0.4) is 0 Å². The van der Waals surface area contributed by atoms with E-state index in [1.165, 1.54) is 17.4 Å². The Hall–Kier alpha value is -1.65. The molecule has 1 heterocycles. The summed E-state index contributed by atoms with van der Waals surface area (Å²) in [5, 5.41) is 12.6. The van der Waals surface area contributed by atoms with Crippen LogP contribution < -0.4 is 4.72 Å². The molecule has 1 aromatic heterocycles. The van der Waals surface area contributed by atoms with E-state index in [0.717, 1.165) is 5.56 Å². The predicted molar refractivity (Wildman–Crippen MR) is 83.5 cm³/mol. The van der Waals surface area contributed by atoms with Crippen LogP contribution in [0.5, 0.6) is 0 Å². The maximum absolute atomic E-state index is 12.5. The van der Waals surface area contributed by atoms with Gasteiger partial charge in [0, 0.05) is 11.6 Å². The number of hydrogen-bond acceptors (Lipinski definition) is 4. The quantitative estimate of drug-likeness (QED) is 0.848. The van der Waals surface area contributed by atoms with Crippen LogP contribution in [0.15, 0.2) is 46.0 Å². The number of nitrogens with one attached hydrogen (secondary N) is 1. The molecule has 0 spiro atoms. The van der Waals surface area contributed by atoms with Gasteiger partial charge in [0.1, 0.15) is 6.61 Å². The highest BCUT2D eigenvalue weighted by atomic mass is 32.2. The first-order chi connectivity index (χ1) is 10.0. The third kappa shape index (κ3) is 3.93. The van der Waals surface area contributed by atoms with Gasteiger partial charge in [-0.1, -0.05) is 24.0 Å². The molecule has 2 rings (SSSR count). The number of thiophene rings is 1. The average molecular weight is 321 g/mol. The standard InChI is InChI=1S/C15H15NO3S2/c1-12(14-8-10-20-11-14)16-21(18,19)15-7-3-2-5-13(15)6-4-9-17/h2-3,5,7-8,10-12,16-17H,9H2,1H3. The molecule has 21 heavy (non-hydrogen) atoms. The Morgan fingerprint density at radius 1 is 1.33 bits per heavy atom. The maximum Gasteiger partial charge on any atom is 0.242 e. The second-order valence-corrected chi connectivity index (χ2v) is 6.82. The normalized spacial score (nSPS) is 12.5. The Morgan fingerprint density at radius 3 is 2.76 bits per heavy atom. The average Bonchev–Trinajstić information content (AvgIpc) is 2.99. The van der Waals surface area contributed by atoms with Crippen molar-refractivity contribution in [2.24, 2.45) is 0 Å². The first-order valence-corrected chi connectivity index (χ1v) is 8.70. The van der Waals surface area contributed by atoms with Crippen LogP contribution in [0.4, 0.5) is 0 Å². The van der Waals surface area contributed by atoms with Gasteiger partial charge >= 0.3 is 0 Å². The Balaban J connectivity index is 2.32. The summed E-state index contributed by atoms with van der Waals surface area (Å²) in [5.74, 6) is 5.13. The lowest BCUT2D eigenvalue weighted by Gasteiger charge is -2.14. The van der Waals surface area contributed by atoms with Crippen molar-refractivity contribution >= 4 is 21.4 Å². The van der Waals surface area contributed by atoms with Crippen LogP contribution in [0.25, 0.3) is 0 Å². The molecule has 0 amide bonds. The van der Waals surface area contributed by atoms with Crippen molar-refractivity contribution in [3.05, 3.63) is 52.2 Å². The molecule has 0 fully saturated rings. The molecule has 2 N–H and O–H groups in total. The van der Waals surface area contributed by atoms with Crippen molar-refractivity contribution in [3.8, 4) is 11.8 Å². The van der Waals surface area contributed by atoms with Crippen molar-refractivity contribution < 1.29 is 13.5 Å². The Kier molecular flexibility index (Phi) is 5.15. The molecule has 1 aromatic carbocycles. The largest absolute Gasteiger partial charge is 0.384 e. The van der Waals surface area contributed by atoms with Gasteiger partial charge in [-0.05, 0) is 41.4 Å². The molecule has 0 bridgehead atoms. The number of benzene rings is 1. The van der Waals surface area contributed by atoms with Gasteiger partial charge in [-0.2, -0.15) is 11.3 Å². The first-order valence-electron chi connectivity index (χ1n) is 6.28. The topological polar surface area (TPSA) is 66.4 Å². The third-order valence-electron chi connectivity index (χ3n) is 2.85. The fourth-order valence-corrected chi connectivity index (χ4v) is 3.97. The molecule has 0 saturated carbocycles. The summed E-state index contributed by atoms with van der Waals surface area (Å²) in [6.45, 7) is 1.48. The van der Waals surface area contributed by atoms with E-state index in [0.29, 0.717) is 5.56 Å². The molecule has 4 nitrogen and oxygen atoms in total. The fraction of sp³-hybridized carbons (Fsp3) is 0.200. The van der Waals surface area contributed by atoms with Crippen LogP contribution in [0, 0.1) is 11.8 Å². The van der Waals surface area contributed by atoms with Crippen LogP contribution >= 0.6 is 11.3 Å². The number of sulfonamides is 1. The van der Waals surface area contributed by atoms with Gasteiger partial charge in [-0.25, -0.2) is 13.1 Å². The molecule has 0 saturated heterocycles. The molecular weight excluding hydrogens is 306 g/mol. The fourth-order valence-electron chi connectivity index (χ4n) is 1.82. The second kappa shape index (κ2) is 6.87. The monoisotopic (exact) mass is 321 g/mol. The van der Waals surface area contributed by atoms with Crippen molar-refractivity contribution in [1.82, 2.24) is 4.72 Å². The molecule has 0 radical (unpaired) electrons. The zero-order chi connectivity index (χ0) is 15.3. The lowest BCUT2D eigenvalue weighted by molar-refractivity contribution is 0.350. The van der Waals surface area contributed by atoms with Crippen molar-refractivity contribution in [1.29, 1.82) is 0 Å². The van der Waals surface area contributed by atoms with E-state index in [9.17, 15) is 8.42 Å². The van der Waals surface area contributed by atoms with Gasteiger partial charge in [0.15, 0.2) is 0 Å². The Labute approximate surface area is 128 Å². The van der Waals surface area contributed by atoms with Gasteiger partial charge in [-0.3, -0.25) is 0 Å². The van der Waals surface area contributed by atoms with E-state index >= 15 is 0 Å². The molecule has 2 aromatic rings. The van der Waals surface area contributed by atoms with Gasteiger partial charge < -0.3 is 5.11 Å². The molecule has 0 aliphatic carbocycles. The van der Waals surface area contributed by atoms with E-state index in [4.69, 9.17) is 5.11 Å². The molecule has 6 heteroatoms. The highest BCUT2D eigenvalue weighted by molar-refractivity contribution is 7.89. The van der Waals surface area contributed by atoms with E-state index in [1.807, 2.05) is 16.8 Å². The van der Waals surface area contributed by atoms with Crippen molar-refractivity contribution in [2.75, 3.05) is 6.61 Å². The zero-order valence-corrected chi connectivity index (χ0v) is 13.0. The molecule has 1 atom stereocenters. The minimum atomic E-state index is -3.68. The van der Waals surface area contributed by atoms with Crippen LogP contribution in [0.2, 0.25) is 0 Å². The predicted octanol–water partition coefficient (Wildman–Crippen LogP) is 2.13. The van der Waals surface area contributed by atoms with Crippen LogP contribution in [-0.4, -0.2) is 20.1 Å². The minimum absolute atomic E-state index is 0.119. The summed E-state index contributed by atoms with van der Waals surface area (Å²) in [5.41, 5.74) is 1.29. The van der Waals surface area contributed by atoms with Gasteiger partial charge in [-0.15, -0.1) is 0 Å². The SMILES string of the molecule is CC(NS(=O)(=O)c1ccccc1C#CCO)c1ccsc1. The van der Waals surface area contributed by atoms with Crippen molar-refractivity contribution in [3.63, 3.8) is 0 Å². The third-order valence-corrected chi connectivity index (χ3v) is 5.15. The van der Waals surface area contributed by atoms with E-state index < -0.39 is 10.0 Å². The molecule has 110 valence electrons. The van der Waals surface area contributed by atoms with Crippen LogP contribution in [0.1, 0.15) is 24.1 Å².